The van der Waals surface area contributed by atoms with Gasteiger partial charge in [-0.05, 0) is 113 Å². The second-order valence-corrected chi connectivity index (χ2v) is 12.4. The van der Waals surface area contributed by atoms with Crippen molar-refractivity contribution in [2.45, 2.75) is 88.1 Å². The van der Waals surface area contributed by atoms with E-state index >= 15 is 0 Å². The second-order valence-electron chi connectivity index (χ2n) is 12.4. The molecule has 0 radical (unpaired) electrons. The molecule has 3 nitrogen and oxygen atoms in total. The molecule has 8 bridgehead atoms. The van der Waals surface area contributed by atoms with Crippen LogP contribution in [0.25, 0.3) is 0 Å². The van der Waals surface area contributed by atoms with E-state index in [1.807, 2.05) is 0 Å². The van der Waals surface area contributed by atoms with Crippen molar-refractivity contribution in [3.8, 4) is 0 Å². The lowest BCUT2D eigenvalue weighted by atomic mass is 9.52. The van der Waals surface area contributed by atoms with Crippen molar-refractivity contribution in [3.05, 3.63) is 35.9 Å². The smallest absolute Gasteiger partial charge is 0.156 e. The van der Waals surface area contributed by atoms with Gasteiger partial charge in [0.05, 0.1) is 11.1 Å². The van der Waals surface area contributed by atoms with E-state index in [1.165, 1.54) is 77.0 Å². The zero-order valence-electron chi connectivity index (χ0n) is 18.2. The number of rotatable bonds is 3. The minimum Gasteiger partial charge on any atom is -0.286 e. The maximum Gasteiger partial charge on any atom is 0.156 e. The van der Waals surface area contributed by atoms with Crippen molar-refractivity contribution in [3.63, 3.8) is 0 Å². The van der Waals surface area contributed by atoms with E-state index in [0.29, 0.717) is 0 Å². The van der Waals surface area contributed by atoms with E-state index in [0.717, 1.165) is 46.9 Å². The largest absolute Gasteiger partial charge is 0.286 e. The molecule has 160 valence electrons. The van der Waals surface area contributed by atoms with E-state index in [-0.39, 0.29) is 11.1 Å². The van der Waals surface area contributed by atoms with Gasteiger partial charge in [0.15, 0.2) is 5.84 Å². The summed E-state index contributed by atoms with van der Waals surface area (Å²) in [7, 11) is 0. The summed E-state index contributed by atoms with van der Waals surface area (Å²) < 4.78 is 0. The highest BCUT2D eigenvalue weighted by Gasteiger charge is 2.56. The molecule has 8 aliphatic carbocycles. The molecule has 3 heteroatoms. The van der Waals surface area contributed by atoms with E-state index in [4.69, 9.17) is 4.99 Å². The third-order valence-corrected chi connectivity index (χ3v) is 10.0. The highest BCUT2D eigenvalue weighted by molar-refractivity contribution is 5.98. The molecule has 8 saturated carbocycles. The third-order valence-electron chi connectivity index (χ3n) is 10.0. The molecule has 0 aromatic heterocycles. The summed E-state index contributed by atoms with van der Waals surface area (Å²) in [5.74, 6) is 6.00. The molecule has 8 fully saturated rings. The summed E-state index contributed by atoms with van der Waals surface area (Å²) >= 11 is 0. The highest BCUT2D eigenvalue weighted by Crippen LogP contribution is 2.59. The fourth-order valence-corrected chi connectivity index (χ4v) is 9.80. The average molecular weight is 405 g/mol. The van der Waals surface area contributed by atoms with Gasteiger partial charge >= 0.3 is 0 Å². The number of benzene rings is 1. The van der Waals surface area contributed by atoms with Crippen molar-refractivity contribution in [2.24, 2.45) is 40.5 Å². The van der Waals surface area contributed by atoms with Gasteiger partial charge in [0, 0.05) is 5.56 Å². The molecule has 0 atom stereocenters. The zero-order valence-corrected chi connectivity index (χ0v) is 18.2. The molecule has 1 aromatic carbocycles. The van der Waals surface area contributed by atoms with Crippen molar-refractivity contribution in [1.82, 2.24) is 5.06 Å². The first-order valence-corrected chi connectivity index (χ1v) is 12.7. The fourth-order valence-electron chi connectivity index (χ4n) is 9.80. The molecule has 30 heavy (non-hydrogen) atoms. The summed E-state index contributed by atoms with van der Waals surface area (Å²) in [6, 6.07) is 10.6. The summed E-state index contributed by atoms with van der Waals surface area (Å²) in [4.78, 5) is 5.59. The van der Waals surface area contributed by atoms with Crippen LogP contribution in [0.4, 0.5) is 0 Å². The molecular weight excluding hydrogens is 368 g/mol. The summed E-state index contributed by atoms with van der Waals surface area (Å²) in [6.07, 6.45) is 15.8. The van der Waals surface area contributed by atoms with Crippen molar-refractivity contribution in [1.29, 1.82) is 0 Å². The highest BCUT2D eigenvalue weighted by atomic mass is 16.5. The molecule has 0 spiro atoms. The average Bonchev–Trinajstić information content (AvgIpc) is 2.70. The van der Waals surface area contributed by atoms with E-state index in [9.17, 15) is 5.21 Å². The van der Waals surface area contributed by atoms with Crippen LogP contribution in [0.2, 0.25) is 0 Å². The minimum atomic E-state index is -0.0638. The Hall–Kier alpha value is -1.35. The number of hydrogen-bond donors (Lipinski definition) is 1. The summed E-state index contributed by atoms with van der Waals surface area (Å²) in [5.41, 5.74) is 1.14. The molecule has 9 rings (SSSR count). The molecule has 0 aliphatic heterocycles. The van der Waals surface area contributed by atoms with Crippen LogP contribution >= 0.6 is 0 Å². The normalized spacial score (nSPS) is 48.4. The number of hydrogen-bond acceptors (Lipinski definition) is 2. The Morgan fingerprint density at radius 1 is 0.700 bits per heavy atom. The monoisotopic (exact) mass is 404 g/mol. The van der Waals surface area contributed by atoms with Gasteiger partial charge in [0.25, 0.3) is 0 Å². The Kier molecular flexibility index (Phi) is 3.86. The standard InChI is InChI=1S/C27H36N2O/c30-29(27-15-21-9-22(16-27)11-23(10-21)17-27)25(24-4-2-1-3-5-24)28-26-12-18-6-19(13-26)8-20(7-18)14-26/h1-5,18-23,30H,6-17H2. The van der Waals surface area contributed by atoms with Gasteiger partial charge in [-0.3, -0.25) is 10.2 Å². The van der Waals surface area contributed by atoms with Gasteiger partial charge in [-0.15, -0.1) is 0 Å². The predicted molar refractivity (Wildman–Crippen MR) is 118 cm³/mol. The number of aliphatic imine (C=N–C) groups is 1. The molecule has 8 aliphatic rings. The van der Waals surface area contributed by atoms with Crippen LogP contribution in [0.15, 0.2) is 35.3 Å². The van der Waals surface area contributed by atoms with Crippen molar-refractivity contribution >= 4 is 5.84 Å². The zero-order chi connectivity index (χ0) is 19.9. The van der Waals surface area contributed by atoms with Crippen LogP contribution in [0.5, 0.6) is 0 Å². The van der Waals surface area contributed by atoms with E-state index in [2.05, 4.69) is 30.3 Å². The Balaban J connectivity index is 1.30. The third kappa shape index (κ3) is 2.76. The van der Waals surface area contributed by atoms with Crippen LogP contribution < -0.4 is 0 Å². The quantitative estimate of drug-likeness (QED) is 0.377. The van der Waals surface area contributed by atoms with Crippen LogP contribution in [-0.2, 0) is 0 Å². The molecule has 0 amide bonds. The van der Waals surface area contributed by atoms with Gasteiger partial charge in [0.1, 0.15) is 0 Å². The molecule has 0 heterocycles. The molecule has 0 unspecified atom stereocenters. The number of amidine groups is 1. The lowest BCUT2D eigenvalue weighted by Crippen LogP contribution is -2.61. The first-order chi connectivity index (χ1) is 14.6. The van der Waals surface area contributed by atoms with Gasteiger partial charge in [-0.2, -0.15) is 0 Å². The van der Waals surface area contributed by atoms with Gasteiger partial charge in [-0.25, -0.2) is 5.06 Å². The maximum absolute atomic E-state index is 11.9. The lowest BCUT2D eigenvalue weighted by Gasteiger charge is -2.59. The number of nitrogens with zero attached hydrogens (tertiary/aromatic N) is 2. The molecular formula is C27H36N2O. The van der Waals surface area contributed by atoms with E-state index in [1.54, 1.807) is 5.06 Å². The van der Waals surface area contributed by atoms with Crippen LogP contribution in [0.1, 0.15) is 82.6 Å². The first kappa shape index (κ1) is 18.2. The van der Waals surface area contributed by atoms with E-state index < -0.39 is 0 Å². The van der Waals surface area contributed by atoms with Crippen LogP contribution in [0, 0.1) is 35.5 Å². The first-order valence-electron chi connectivity index (χ1n) is 12.7. The lowest BCUT2D eigenvalue weighted by molar-refractivity contribution is -0.180. The molecule has 1 aromatic rings. The van der Waals surface area contributed by atoms with Crippen molar-refractivity contribution < 1.29 is 5.21 Å². The van der Waals surface area contributed by atoms with Crippen LogP contribution in [0.3, 0.4) is 0 Å². The second kappa shape index (κ2) is 6.34. The summed E-state index contributed by atoms with van der Waals surface area (Å²) in [6.45, 7) is 0. The SMILES string of the molecule is ON(C(=NC12CC3CC(CC(C3)C1)C2)c1ccccc1)C12CC3CC(CC(C3)C1)C2. The molecule has 1 N–H and O–H groups in total. The Labute approximate surface area is 180 Å². The fraction of sp³-hybridized carbons (Fsp3) is 0.741. The Morgan fingerprint density at radius 3 is 1.60 bits per heavy atom. The number of hydroxylamine groups is 2. The Bertz CT molecular complexity index is 788. The van der Waals surface area contributed by atoms with Crippen LogP contribution in [-0.4, -0.2) is 27.2 Å². The minimum absolute atomic E-state index is 0.0638. The van der Waals surface area contributed by atoms with Gasteiger partial charge < -0.3 is 0 Å². The topological polar surface area (TPSA) is 35.8 Å². The summed E-state index contributed by atoms with van der Waals surface area (Å²) in [5, 5.41) is 13.7. The van der Waals surface area contributed by atoms with Crippen molar-refractivity contribution in [2.75, 3.05) is 0 Å². The Morgan fingerprint density at radius 2 is 1.13 bits per heavy atom. The van der Waals surface area contributed by atoms with Gasteiger partial charge in [-0.1, -0.05) is 30.3 Å². The van der Waals surface area contributed by atoms with Gasteiger partial charge in [0.2, 0.25) is 0 Å². The predicted octanol–water partition coefficient (Wildman–Crippen LogP) is 6.06. The molecule has 0 saturated heterocycles. The maximum atomic E-state index is 11.9.